The predicted molar refractivity (Wildman–Crippen MR) is 172 cm³/mol. The molecule has 218 valence electrons. The SMILES string of the molecule is Cc1ccccc1COc1ccc(Cl)cc1C1c2sc(=O)[nH]c2SC2C1[C@H]1C[C@@H]2C2C(=O)N(c3ccc(Br)cc3)C(=O)C21. The number of carbonyl (C=O) groups is 2. The van der Waals surface area contributed by atoms with Crippen molar-refractivity contribution in [3.05, 3.63) is 107 Å². The van der Waals surface area contributed by atoms with E-state index in [0.717, 1.165) is 43.2 Å². The van der Waals surface area contributed by atoms with E-state index in [9.17, 15) is 14.4 Å². The van der Waals surface area contributed by atoms with Gasteiger partial charge in [-0.3, -0.25) is 19.3 Å². The lowest BCUT2D eigenvalue weighted by atomic mass is 9.68. The molecule has 0 radical (unpaired) electrons. The van der Waals surface area contributed by atoms with Crippen LogP contribution in [0.15, 0.2) is 81.0 Å². The zero-order valence-corrected chi connectivity index (χ0v) is 26.9. The summed E-state index contributed by atoms with van der Waals surface area (Å²) in [5, 5.41) is 1.53. The van der Waals surface area contributed by atoms with Crippen LogP contribution < -0.4 is 14.5 Å². The van der Waals surface area contributed by atoms with Gasteiger partial charge in [0.05, 0.1) is 22.5 Å². The second-order valence-corrected chi connectivity index (χ2v) is 15.4. The lowest BCUT2D eigenvalue weighted by Gasteiger charge is -2.43. The number of benzene rings is 3. The van der Waals surface area contributed by atoms with Crippen LogP contribution in [0.25, 0.3) is 0 Å². The van der Waals surface area contributed by atoms with Gasteiger partial charge in [-0.05, 0) is 84.7 Å². The Hall–Kier alpha value is -2.85. The van der Waals surface area contributed by atoms with Crippen molar-refractivity contribution in [3.63, 3.8) is 0 Å². The monoisotopic (exact) mass is 692 g/mol. The van der Waals surface area contributed by atoms with Gasteiger partial charge in [0.25, 0.3) is 0 Å². The van der Waals surface area contributed by atoms with Gasteiger partial charge in [0.15, 0.2) is 0 Å². The molecule has 2 amide bonds. The van der Waals surface area contributed by atoms with Crippen molar-refractivity contribution in [1.29, 1.82) is 0 Å². The first-order chi connectivity index (χ1) is 20.8. The van der Waals surface area contributed by atoms with Gasteiger partial charge in [-0.2, -0.15) is 0 Å². The quantitative estimate of drug-likeness (QED) is 0.220. The van der Waals surface area contributed by atoms with E-state index in [-0.39, 0.29) is 57.4 Å². The number of halogens is 2. The number of nitrogens with one attached hydrogen (secondary N) is 1. The molecule has 1 N–H and O–H groups in total. The topological polar surface area (TPSA) is 79.5 Å². The fourth-order valence-corrected chi connectivity index (χ4v) is 11.4. The molecule has 4 aromatic rings. The Morgan fingerprint density at radius 3 is 2.51 bits per heavy atom. The van der Waals surface area contributed by atoms with Gasteiger partial charge in [0.2, 0.25) is 11.8 Å². The van der Waals surface area contributed by atoms with E-state index < -0.39 is 0 Å². The molecule has 2 saturated carbocycles. The molecule has 3 heterocycles. The molecule has 5 unspecified atom stereocenters. The van der Waals surface area contributed by atoms with E-state index in [4.69, 9.17) is 16.3 Å². The number of aromatic amines is 1. The number of imide groups is 1. The maximum Gasteiger partial charge on any atom is 0.305 e. The Kier molecular flexibility index (Phi) is 6.67. The number of H-pyrrole nitrogens is 1. The third-order valence-corrected chi connectivity index (χ3v) is 13.1. The number of thiazole rings is 1. The van der Waals surface area contributed by atoms with Gasteiger partial charge in [0.1, 0.15) is 12.4 Å². The first-order valence-electron chi connectivity index (χ1n) is 14.3. The number of rotatable bonds is 5. The van der Waals surface area contributed by atoms with Crippen molar-refractivity contribution in [2.45, 2.75) is 36.1 Å². The molecule has 2 aliphatic carbocycles. The van der Waals surface area contributed by atoms with Crippen LogP contribution in [-0.2, 0) is 16.2 Å². The summed E-state index contributed by atoms with van der Waals surface area (Å²) in [6, 6.07) is 21.2. The number of amides is 2. The molecule has 1 aromatic heterocycles. The first-order valence-corrected chi connectivity index (χ1v) is 17.2. The van der Waals surface area contributed by atoms with Gasteiger partial charge in [-0.1, -0.05) is 63.1 Å². The summed E-state index contributed by atoms with van der Waals surface area (Å²) in [6.07, 6.45) is 0.818. The highest BCUT2D eigenvalue weighted by Crippen LogP contribution is 2.69. The molecule has 7 atom stereocenters. The maximum absolute atomic E-state index is 14.0. The van der Waals surface area contributed by atoms with Crippen LogP contribution in [-0.4, -0.2) is 22.0 Å². The lowest BCUT2D eigenvalue weighted by Crippen LogP contribution is -2.42. The normalized spacial score (nSPS) is 28.6. The van der Waals surface area contributed by atoms with Gasteiger partial charge in [0, 0.05) is 31.1 Å². The van der Waals surface area contributed by atoms with Gasteiger partial charge in [-0.15, -0.1) is 11.8 Å². The minimum Gasteiger partial charge on any atom is -0.489 e. The van der Waals surface area contributed by atoms with Crippen molar-refractivity contribution >= 4 is 68.1 Å². The number of anilines is 1. The summed E-state index contributed by atoms with van der Waals surface area (Å²) in [5.74, 6) is -0.305. The van der Waals surface area contributed by atoms with Crippen LogP contribution in [0, 0.1) is 36.5 Å². The van der Waals surface area contributed by atoms with E-state index in [2.05, 4.69) is 40.0 Å². The predicted octanol–water partition coefficient (Wildman–Crippen LogP) is 7.42. The number of aromatic nitrogens is 1. The van der Waals surface area contributed by atoms with Crippen LogP contribution in [0.4, 0.5) is 5.69 Å². The Morgan fingerprint density at radius 1 is 1.00 bits per heavy atom. The van der Waals surface area contributed by atoms with Crippen LogP contribution in [0.5, 0.6) is 5.75 Å². The van der Waals surface area contributed by atoms with E-state index in [1.807, 2.05) is 54.6 Å². The molecule has 3 aromatic carbocycles. The highest BCUT2D eigenvalue weighted by molar-refractivity contribution is 9.10. The summed E-state index contributed by atoms with van der Waals surface area (Å²) >= 11 is 13.0. The smallest absolute Gasteiger partial charge is 0.305 e. The zero-order valence-electron chi connectivity index (χ0n) is 23.0. The molecule has 4 aliphatic rings. The molecule has 3 fully saturated rings. The number of fused-ring (bicyclic) bond motifs is 9. The number of hydrogen-bond acceptors (Lipinski definition) is 6. The molecule has 0 spiro atoms. The average Bonchev–Trinajstić information content (AvgIpc) is 3.72. The molecule has 8 rings (SSSR count). The van der Waals surface area contributed by atoms with E-state index in [0.29, 0.717) is 17.3 Å². The molecule has 1 saturated heterocycles. The number of nitrogens with zero attached hydrogens (tertiary/aromatic N) is 1. The molecule has 43 heavy (non-hydrogen) atoms. The van der Waals surface area contributed by atoms with Crippen LogP contribution in [0.3, 0.4) is 0 Å². The molecule has 10 heteroatoms. The number of hydrogen-bond donors (Lipinski definition) is 1. The largest absolute Gasteiger partial charge is 0.489 e. The molecule has 2 bridgehead atoms. The van der Waals surface area contributed by atoms with Crippen molar-refractivity contribution in [3.8, 4) is 5.75 Å². The van der Waals surface area contributed by atoms with E-state index in [1.54, 1.807) is 11.8 Å². The second-order valence-electron chi connectivity index (χ2n) is 11.8. The van der Waals surface area contributed by atoms with E-state index in [1.165, 1.54) is 16.2 Å². The lowest BCUT2D eigenvalue weighted by molar-refractivity contribution is -0.123. The molecule has 2 aliphatic heterocycles. The molecular formula is C33H26BrClN2O4S2. The minimum absolute atomic E-state index is 0.00273. The fraction of sp³-hybridized carbons (Fsp3) is 0.303. The average molecular weight is 694 g/mol. The third kappa shape index (κ3) is 4.30. The summed E-state index contributed by atoms with van der Waals surface area (Å²) in [4.78, 5) is 46.0. The van der Waals surface area contributed by atoms with Crippen molar-refractivity contribution in [2.24, 2.45) is 29.6 Å². The van der Waals surface area contributed by atoms with Gasteiger partial charge >= 0.3 is 4.87 Å². The van der Waals surface area contributed by atoms with Crippen LogP contribution in [0.2, 0.25) is 5.02 Å². The Morgan fingerprint density at radius 2 is 1.74 bits per heavy atom. The standard InChI is InChI=1S/C33H26BrClN2O4S2/c1-15-4-2-3-5-16(15)14-41-23-11-8-18(35)12-20(23)24-25-21-13-22(28(25)42-30-29(24)43-33(40)36-30)27-26(21)31(38)37(32(27)39)19-9-6-17(34)7-10-19/h2-12,21-22,24-28H,13-14H2,1H3,(H,36,40)/t21-,22-,24?,25?,26?,27?,28?/m1/s1. The van der Waals surface area contributed by atoms with E-state index >= 15 is 0 Å². The Labute approximate surface area is 269 Å². The Bertz CT molecular complexity index is 1860. The number of aryl methyl sites for hydroxylation is 1. The highest BCUT2D eigenvalue weighted by atomic mass is 79.9. The summed E-state index contributed by atoms with van der Waals surface area (Å²) < 4.78 is 7.38. The summed E-state index contributed by atoms with van der Waals surface area (Å²) in [6.45, 7) is 2.47. The maximum atomic E-state index is 14.0. The van der Waals surface area contributed by atoms with Crippen LogP contribution >= 0.6 is 50.6 Å². The number of ether oxygens (including phenoxy) is 1. The summed E-state index contributed by atoms with van der Waals surface area (Å²) in [7, 11) is 0. The van der Waals surface area contributed by atoms with Crippen molar-refractivity contribution < 1.29 is 14.3 Å². The fourth-order valence-electron chi connectivity index (χ4n) is 8.03. The van der Waals surface area contributed by atoms with Gasteiger partial charge < -0.3 is 9.72 Å². The minimum atomic E-state index is -0.377. The van der Waals surface area contributed by atoms with Crippen molar-refractivity contribution in [2.75, 3.05) is 4.90 Å². The van der Waals surface area contributed by atoms with Crippen LogP contribution in [0.1, 0.15) is 33.9 Å². The molecule has 6 nitrogen and oxygen atoms in total. The third-order valence-electron chi connectivity index (χ3n) is 9.76. The first kappa shape index (κ1) is 27.7. The highest BCUT2D eigenvalue weighted by Gasteiger charge is 2.69. The number of thioether (sulfide) groups is 1. The zero-order chi connectivity index (χ0) is 29.6. The Balaban J connectivity index is 1.20. The molecular weight excluding hydrogens is 668 g/mol. The summed E-state index contributed by atoms with van der Waals surface area (Å²) in [5.41, 5.74) is 3.79. The van der Waals surface area contributed by atoms with Gasteiger partial charge in [-0.25, -0.2) is 0 Å². The second kappa shape index (κ2) is 10.4. The number of carbonyl (C=O) groups excluding carboxylic acids is 2. The van der Waals surface area contributed by atoms with Crippen molar-refractivity contribution in [1.82, 2.24) is 4.98 Å².